The third-order valence-corrected chi connectivity index (χ3v) is 9.67. The summed E-state index contributed by atoms with van der Waals surface area (Å²) in [6.45, 7) is 8.25. The lowest BCUT2D eigenvalue weighted by Gasteiger charge is -2.42. The monoisotopic (exact) mass is 653 g/mol. The lowest BCUT2D eigenvalue weighted by molar-refractivity contribution is -0.0661. The number of aromatic nitrogens is 5. The molecule has 0 atom stereocenters. The van der Waals surface area contributed by atoms with Crippen LogP contribution in [0.2, 0.25) is 0 Å². The fourth-order valence-electron chi connectivity index (χ4n) is 6.83. The van der Waals surface area contributed by atoms with Crippen molar-refractivity contribution in [1.82, 2.24) is 29.0 Å². The van der Waals surface area contributed by atoms with Crippen molar-refractivity contribution in [3.63, 3.8) is 0 Å². The van der Waals surface area contributed by atoms with Crippen LogP contribution < -0.4 is 20.7 Å². The van der Waals surface area contributed by atoms with Crippen molar-refractivity contribution in [2.24, 2.45) is 7.05 Å². The van der Waals surface area contributed by atoms with E-state index in [0.29, 0.717) is 58.8 Å². The number of anilines is 4. The molecule has 0 radical (unpaired) electrons. The van der Waals surface area contributed by atoms with Gasteiger partial charge >= 0.3 is 0 Å². The Kier molecular flexibility index (Phi) is 9.24. The summed E-state index contributed by atoms with van der Waals surface area (Å²) in [4.78, 5) is 47.0. The quantitative estimate of drug-likeness (QED) is 0.233. The Morgan fingerprint density at radius 1 is 0.979 bits per heavy atom. The predicted molar refractivity (Wildman–Crippen MR) is 184 cm³/mol. The number of aliphatic hydroxyl groups is 1. The van der Waals surface area contributed by atoms with Gasteiger partial charge in [-0.1, -0.05) is 19.8 Å². The summed E-state index contributed by atoms with van der Waals surface area (Å²) in [5, 5.41) is 13.8. The maximum Gasteiger partial charge on any atom is 0.276 e. The number of carbonyl (C=O) groups is 1. The molecule has 13 heteroatoms. The minimum Gasteiger partial charge on any atom is -0.392 e. The first kappa shape index (κ1) is 32.0. The molecule has 7 heterocycles. The van der Waals surface area contributed by atoms with Crippen molar-refractivity contribution in [2.45, 2.75) is 51.8 Å². The number of hydrogen-bond acceptors (Lipinski definition) is 10. The second-order valence-corrected chi connectivity index (χ2v) is 12.8. The molecule has 0 saturated carbocycles. The second kappa shape index (κ2) is 13.9. The van der Waals surface area contributed by atoms with Crippen LogP contribution in [0.4, 0.5) is 23.1 Å². The van der Waals surface area contributed by atoms with E-state index in [2.05, 4.69) is 43.2 Å². The minimum absolute atomic E-state index is 0.137. The average molecular weight is 654 g/mol. The molecule has 7 rings (SSSR count). The van der Waals surface area contributed by atoms with Gasteiger partial charge in [0, 0.05) is 76.0 Å². The van der Waals surface area contributed by atoms with Crippen LogP contribution in [-0.2, 0) is 31.4 Å². The SMILES string of the molecule is CCCCCc1cc2n(c1)CCN(c1nccc(-c3cc(Nc4cnc(N5CCN(C6COC6)CC5)cn4)c(=O)n(C)c3)c1CO)C2=O. The topological polar surface area (TPSA) is 134 Å². The summed E-state index contributed by atoms with van der Waals surface area (Å²) in [5.74, 6) is 1.54. The van der Waals surface area contributed by atoms with Gasteiger partial charge in [0.15, 0.2) is 0 Å². The van der Waals surface area contributed by atoms with Gasteiger partial charge in [-0.25, -0.2) is 15.0 Å². The van der Waals surface area contributed by atoms with Crippen LogP contribution in [0.5, 0.6) is 0 Å². The Bertz CT molecular complexity index is 1820. The van der Waals surface area contributed by atoms with Crippen LogP contribution in [0.3, 0.4) is 0 Å². The van der Waals surface area contributed by atoms with Crippen molar-refractivity contribution < 1.29 is 14.6 Å². The molecule has 252 valence electrons. The Labute approximate surface area is 279 Å². The number of unbranched alkanes of at least 4 members (excludes halogenated alkanes) is 2. The van der Waals surface area contributed by atoms with E-state index in [1.807, 2.05) is 10.6 Å². The molecule has 0 bridgehead atoms. The van der Waals surface area contributed by atoms with Crippen LogP contribution in [0.1, 0.15) is 47.8 Å². The molecule has 3 aliphatic rings. The predicted octanol–water partition coefficient (Wildman–Crippen LogP) is 3.19. The molecule has 0 aromatic carbocycles. The first-order valence-electron chi connectivity index (χ1n) is 16.9. The number of piperazine rings is 1. The van der Waals surface area contributed by atoms with Gasteiger partial charge in [0.1, 0.15) is 28.8 Å². The Hall–Kier alpha value is -4.59. The van der Waals surface area contributed by atoms with E-state index >= 15 is 0 Å². The first-order valence-corrected chi connectivity index (χ1v) is 16.9. The van der Waals surface area contributed by atoms with Crippen molar-refractivity contribution >= 4 is 29.0 Å². The summed E-state index contributed by atoms with van der Waals surface area (Å²) >= 11 is 0. The molecular weight excluding hydrogens is 610 g/mol. The highest BCUT2D eigenvalue weighted by molar-refractivity contribution is 6.06. The summed E-state index contributed by atoms with van der Waals surface area (Å²) in [6, 6.07) is 6.06. The van der Waals surface area contributed by atoms with Crippen molar-refractivity contribution in [3.8, 4) is 11.1 Å². The number of aliphatic hydroxyl groups excluding tert-OH is 1. The Morgan fingerprint density at radius 2 is 1.81 bits per heavy atom. The molecule has 4 aromatic heterocycles. The van der Waals surface area contributed by atoms with Gasteiger partial charge < -0.3 is 29.2 Å². The fraction of sp³-hybridized carbons (Fsp3) is 0.457. The van der Waals surface area contributed by atoms with E-state index in [-0.39, 0.29) is 18.1 Å². The molecule has 4 aromatic rings. The number of nitrogens with one attached hydrogen (secondary N) is 1. The molecule has 1 amide bonds. The largest absolute Gasteiger partial charge is 0.392 e. The van der Waals surface area contributed by atoms with E-state index < -0.39 is 0 Å². The smallest absolute Gasteiger partial charge is 0.276 e. The highest BCUT2D eigenvalue weighted by atomic mass is 16.5. The van der Waals surface area contributed by atoms with E-state index in [9.17, 15) is 14.7 Å². The highest BCUT2D eigenvalue weighted by Gasteiger charge is 2.31. The highest BCUT2D eigenvalue weighted by Crippen LogP contribution is 2.33. The third-order valence-electron chi connectivity index (χ3n) is 9.67. The zero-order valence-corrected chi connectivity index (χ0v) is 27.6. The molecule has 0 spiro atoms. The number of fused-ring (bicyclic) bond motifs is 1. The van der Waals surface area contributed by atoms with Gasteiger partial charge in [-0.15, -0.1) is 0 Å². The molecule has 13 nitrogen and oxygen atoms in total. The molecule has 0 unspecified atom stereocenters. The van der Waals surface area contributed by atoms with Gasteiger partial charge in [0.05, 0.1) is 38.3 Å². The number of carbonyl (C=O) groups excluding carboxylic acids is 1. The third kappa shape index (κ3) is 6.32. The normalized spacial score (nSPS) is 17.0. The van der Waals surface area contributed by atoms with Gasteiger partial charge in [-0.3, -0.25) is 19.4 Å². The maximum atomic E-state index is 13.7. The number of pyridine rings is 2. The van der Waals surface area contributed by atoms with Crippen LogP contribution in [-0.4, -0.2) is 92.0 Å². The number of aryl methyl sites for hydroxylation is 2. The molecule has 2 N–H and O–H groups in total. The van der Waals surface area contributed by atoms with E-state index in [1.54, 1.807) is 48.9 Å². The first-order chi connectivity index (χ1) is 23.4. The summed E-state index contributed by atoms with van der Waals surface area (Å²) in [7, 11) is 1.68. The molecule has 3 aliphatic heterocycles. The average Bonchev–Trinajstić information content (AvgIpc) is 3.51. The molecular formula is C35H43N9O4. The van der Waals surface area contributed by atoms with Crippen molar-refractivity contribution in [2.75, 3.05) is 61.1 Å². The summed E-state index contributed by atoms with van der Waals surface area (Å²) in [5.41, 5.74) is 3.78. The standard InChI is InChI=1S/C35H43N9O4/c1-3-4-5-6-24-15-30-35(47)44(14-13-43(30)19-24)33-28(21-45)27(7-8-36-33)25-16-29(34(46)40(2)20-25)39-31-17-38-32(18-37-31)42-11-9-41(10-12-42)26-22-48-23-26/h7-8,15-20,26,45H,3-6,9-14,21-23H2,1-2H3,(H,37,39). The molecule has 48 heavy (non-hydrogen) atoms. The summed E-state index contributed by atoms with van der Waals surface area (Å²) in [6.07, 6.45) is 13.2. The number of nitrogens with zero attached hydrogens (tertiary/aromatic N) is 8. The van der Waals surface area contributed by atoms with Crippen LogP contribution in [0.25, 0.3) is 11.1 Å². The fourth-order valence-corrected chi connectivity index (χ4v) is 6.83. The number of amides is 1. The summed E-state index contributed by atoms with van der Waals surface area (Å²) < 4.78 is 8.86. The van der Waals surface area contributed by atoms with Crippen LogP contribution in [0.15, 0.2) is 54.0 Å². The van der Waals surface area contributed by atoms with Gasteiger partial charge in [-0.05, 0) is 42.2 Å². The zero-order chi connectivity index (χ0) is 33.2. The Balaban J connectivity index is 1.10. The van der Waals surface area contributed by atoms with Gasteiger partial charge in [-0.2, -0.15) is 0 Å². The molecule has 2 saturated heterocycles. The van der Waals surface area contributed by atoms with Crippen molar-refractivity contribution in [1.29, 1.82) is 0 Å². The number of hydrogen-bond donors (Lipinski definition) is 2. The minimum atomic E-state index is -0.327. The lowest BCUT2D eigenvalue weighted by atomic mass is 10.0. The van der Waals surface area contributed by atoms with Crippen molar-refractivity contribution in [3.05, 3.63) is 76.4 Å². The van der Waals surface area contributed by atoms with E-state index in [4.69, 9.17) is 4.74 Å². The number of rotatable bonds is 11. The number of ether oxygens (including phenoxy) is 1. The van der Waals surface area contributed by atoms with Gasteiger partial charge in [0.25, 0.3) is 11.5 Å². The molecule has 2 fully saturated rings. The van der Waals surface area contributed by atoms with Crippen LogP contribution in [0, 0.1) is 0 Å². The maximum absolute atomic E-state index is 13.7. The lowest BCUT2D eigenvalue weighted by Crippen LogP contribution is -2.56. The van der Waals surface area contributed by atoms with Crippen LogP contribution >= 0.6 is 0 Å². The Morgan fingerprint density at radius 3 is 2.52 bits per heavy atom. The van der Waals surface area contributed by atoms with E-state index in [0.717, 1.165) is 70.9 Å². The van der Waals surface area contributed by atoms with E-state index in [1.165, 1.54) is 10.1 Å². The zero-order valence-electron chi connectivity index (χ0n) is 27.6. The van der Waals surface area contributed by atoms with Gasteiger partial charge in [0.2, 0.25) is 0 Å². The second-order valence-electron chi connectivity index (χ2n) is 12.8. The molecule has 0 aliphatic carbocycles.